The number of nitrogens with one attached hydrogen (secondary N) is 3. The van der Waals surface area contributed by atoms with Gasteiger partial charge >= 0.3 is 0 Å². The molecule has 0 radical (unpaired) electrons. The summed E-state index contributed by atoms with van der Waals surface area (Å²) in [4.78, 5) is 46.7. The van der Waals surface area contributed by atoms with Gasteiger partial charge in [-0.15, -0.1) is 0 Å². The molecule has 1 aromatic carbocycles. The number of hydrogen-bond donors (Lipinski definition) is 4. The van der Waals surface area contributed by atoms with Crippen molar-refractivity contribution in [3.05, 3.63) is 35.4 Å². The van der Waals surface area contributed by atoms with E-state index < -0.39 is 23.7 Å². The Hall–Kier alpha value is -4.44. The second kappa shape index (κ2) is 15.5. The molecule has 2 heterocycles. The van der Waals surface area contributed by atoms with Gasteiger partial charge in [-0.2, -0.15) is 0 Å². The summed E-state index contributed by atoms with van der Waals surface area (Å²) < 4.78 is 25.6. The van der Waals surface area contributed by atoms with Crippen LogP contribution >= 0.6 is 0 Å². The number of rotatable bonds is 13. The maximum atomic E-state index is 14.5. The van der Waals surface area contributed by atoms with E-state index in [4.69, 9.17) is 15.2 Å². The van der Waals surface area contributed by atoms with Crippen molar-refractivity contribution in [2.45, 2.75) is 58.5 Å². The third-order valence-corrected chi connectivity index (χ3v) is 6.63. The van der Waals surface area contributed by atoms with Crippen LogP contribution in [0.4, 0.5) is 21.7 Å². The predicted molar refractivity (Wildman–Crippen MR) is 156 cm³/mol. The number of nitrogens with zero attached hydrogens (tertiary/aromatic N) is 3. The van der Waals surface area contributed by atoms with Crippen molar-refractivity contribution in [1.82, 2.24) is 20.2 Å². The molecule has 2 aromatic rings. The standard InChI is InChI=1S/C29H38FN7O5/c1-5-8-24(38)37(4)18(3)29(40)32-11-7-12-42-22-16-19(30)15-21(17-22)34-28-25(26(31)39)35-23(6-2)27(36-28)33-20-9-13-41-14-10-20/h15-18,20H,6-7,9-14H2,1-4H3,(H2,31,39)(H,32,40)(H2,33,34,36)/t18-/m0/s1. The van der Waals surface area contributed by atoms with Crippen LogP contribution in [0.25, 0.3) is 0 Å². The van der Waals surface area contributed by atoms with Crippen LogP contribution in [0.5, 0.6) is 5.75 Å². The fourth-order valence-electron chi connectivity index (χ4n) is 4.15. The molecule has 3 amide bonds. The number of amides is 3. The minimum absolute atomic E-state index is 0.0600. The highest BCUT2D eigenvalue weighted by Gasteiger charge is 2.22. The highest BCUT2D eigenvalue weighted by atomic mass is 19.1. The molecule has 42 heavy (non-hydrogen) atoms. The topological polar surface area (TPSA) is 161 Å². The van der Waals surface area contributed by atoms with Crippen molar-refractivity contribution in [2.75, 3.05) is 44.0 Å². The zero-order valence-electron chi connectivity index (χ0n) is 24.4. The predicted octanol–water partition coefficient (Wildman–Crippen LogP) is 2.37. The number of ether oxygens (including phenoxy) is 2. The first kappa shape index (κ1) is 32.1. The normalized spacial score (nSPS) is 13.7. The van der Waals surface area contributed by atoms with Crippen LogP contribution in [-0.2, 0) is 20.7 Å². The van der Waals surface area contributed by atoms with E-state index in [-0.39, 0.29) is 48.0 Å². The number of nitrogens with two attached hydrogens (primary N) is 1. The summed E-state index contributed by atoms with van der Waals surface area (Å²) in [5.41, 5.74) is 6.41. The molecule has 1 atom stereocenters. The Morgan fingerprint density at radius 3 is 2.62 bits per heavy atom. The molecule has 0 spiro atoms. The summed E-state index contributed by atoms with van der Waals surface area (Å²) in [6.45, 7) is 6.81. The molecule has 0 bridgehead atoms. The van der Waals surface area contributed by atoms with Gasteiger partial charge in [0.25, 0.3) is 11.8 Å². The van der Waals surface area contributed by atoms with Crippen LogP contribution < -0.4 is 26.4 Å². The van der Waals surface area contributed by atoms with Gasteiger partial charge in [0, 0.05) is 50.7 Å². The Kier molecular flexibility index (Phi) is 11.9. The number of aromatic nitrogens is 2. The molecule has 0 unspecified atom stereocenters. The monoisotopic (exact) mass is 583 g/mol. The van der Waals surface area contributed by atoms with Crippen LogP contribution in [0.3, 0.4) is 0 Å². The van der Waals surface area contributed by atoms with E-state index in [1.165, 1.54) is 24.1 Å². The molecule has 3 rings (SSSR count). The van der Waals surface area contributed by atoms with Crippen LogP contribution in [-0.4, -0.2) is 78.1 Å². The summed E-state index contributed by atoms with van der Waals surface area (Å²) >= 11 is 0. The number of carbonyl (C=O) groups excluding carboxylic acids is 3. The van der Waals surface area contributed by atoms with Crippen LogP contribution in [0, 0.1) is 17.7 Å². The van der Waals surface area contributed by atoms with Crippen molar-refractivity contribution in [2.24, 2.45) is 5.73 Å². The summed E-state index contributed by atoms with van der Waals surface area (Å²) in [6.07, 6.45) is 2.58. The molecule has 0 saturated carbocycles. The van der Waals surface area contributed by atoms with E-state index >= 15 is 0 Å². The largest absolute Gasteiger partial charge is 0.493 e. The minimum Gasteiger partial charge on any atom is -0.493 e. The molecule has 13 heteroatoms. The Morgan fingerprint density at radius 2 is 1.95 bits per heavy atom. The number of likely N-dealkylation sites (N-methyl/N-ethyl adjacent to an activating group) is 1. The highest BCUT2D eigenvalue weighted by Crippen LogP contribution is 2.27. The Morgan fingerprint density at radius 1 is 1.21 bits per heavy atom. The summed E-state index contributed by atoms with van der Waals surface area (Å²) in [7, 11) is 1.51. The Bertz CT molecular complexity index is 1340. The molecule has 1 aliphatic heterocycles. The molecular formula is C29H38FN7O5. The van der Waals surface area contributed by atoms with Gasteiger partial charge in [-0.3, -0.25) is 14.4 Å². The first-order valence-electron chi connectivity index (χ1n) is 13.9. The van der Waals surface area contributed by atoms with Gasteiger partial charge in [-0.05, 0) is 51.5 Å². The number of hydrogen-bond acceptors (Lipinski definition) is 9. The second-order valence-electron chi connectivity index (χ2n) is 9.73. The molecule has 5 N–H and O–H groups in total. The van der Waals surface area contributed by atoms with E-state index in [2.05, 4.69) is 37.8 Å². The van der Waals surface area contributed by atoms with Crippen LogP contribution in [0.15, 0.2) is 18.2 Å². The fourth-order valence-corrected chi connectivity index (χ4v) is 4.15. The maximum Gasteiger partial charge on any atom is 0.298 e. The third kappa shape index (κ3) is 9.04. The van der Waals surface area contributed by atoms with Crippen molar-refractivity contribution in [3.63, 3.8) is 0 Å². The van der Waals surface area contributed by atoms with Gasteiger partial charge in [-0.25, -0.2) is 14.4 Å². The zero-order chi connectivity index (χ0) is 30.6. The van der Waals surface area contributed by atoms with Gasteiger partial charge in [0.1, 0.15) is 17.6 Å². The van der Waals surface area contributed by atoms with E-state index in [0.29, 0.717) is 37.6 Å². The zero-order valence-corrected chi connectivity index (χ0v) is 24.4. The van der Waals surface area contributed by atoms with Gasteiger partial charge in [-0.1, -0.05) is 12.8 Å². The second-order valence-corrected chi connectivity index (χ2v) is 9.73. The number of primary amides is 1. The average molecular weight is 584 g/mol. The van der Waals surface area contributed by atoms with Crippen molar-refractivity contribution < 1.29 is 28.2 Å². The van der Waals surface area contributed by atoms with Crippen LogP contribution in [0.2, 0.25) is 0 Å². The van der Waals surface area contributed by atoms with E-state index in [9.17, 15) is 18.8 Å². The van der Waals surface area contributed by atoms with E-state index in [1.807, 2.05) is 6.92 Å². The number of benzene rings is 1. The molecule has 12 nitrogen and oxygen atoms in total. The Balaban J connectivity index is 1.63. The molecule has 1 fully saturated rings. The minimum atomic E-state index is -0.768. The maximum absolute atomic E-state index is 14.5. The van der Waals surface area contributed by atoms with Gasteiger partial charge in [0.15, 0.2) is 17.3 Å². The molecule has 1 saturated heterocycles. The lowest BCUT2D eigenvalue weighted by molar-refractivity contribution is -0.134. The molecule has 1 aliphatic rings. The third-order valence-electron chi connectivity index (χ3n) is 6.63. The average Bonchev–Trinajstić information content (AvgIpc) is 2.96. The lowest BCUT2D eigenvalue weighted by atomic mass is 10.1. The van der Waals surface area contributed by atoms with Crippen molar-refractivity contribution in [1.29, 1.82) is 0 Å². The summed E-state index contributed by atoms with van der Waals surface area (Å²) in [5.74, 6) is 3.65. The van der Waals surface area contributed by atoms with Crippen molar-refractivity contribution >= 4 is 35.0 Å². The van der Waals surface area contributed by atoms with Gasteiger partial charge in [0.2, 0.25) is 5.91 Å². The molecule has 226 valence electrons. The lowest BCUT2D eigenvalue weighted by Crippen LogP contribution is -2.45. The quantitative estimate of drug-likeness (QED) is 0.205. The first-order valence-corrected chi connectivity index (χ1v) is 13.9. The number of aryl methyl sites for hydroxylation is 1. The first-order chi connectivity index (χ1) is 20.1. The smallest absolute Gasteiger partial charge is 0.298 e. The van der Waals surface area contributed by atoms with E-state index in [0.717, 1.165) is 12.8 Å². The number of halogens is 1. The fraction of sp³-hybridized carbons (Fsp3) is 0.483. The van der Waals surface area contributed by atoms with Crippen LogP contribution in [0.1, 0.15) is 56.2 Å². The molecular weight excluding hydrogens is 545 g/mol. The van der Waals surface area contributed by atoms with Gasteiger partial charge in [0.05, 0.1) is 12.3 Å². The molecule has 1 aromatic heterocycles. The summed E-state index contributed by atoms with van der Waals surface area (Å²) in [5, 5.41) is 9.09. The lowest BCUT2D eigenvalue weighted by Gasteiger charge is -2.25. The Labute approximate surface area is 244 Å². The van der Waals surface area contributed by atoms with Gasteiger partial charge < -0.3 is 36.1 Å². The number of carbonyl (C=O) groups is 3. The summed E-state index contributed by atoms with van der Waals surface area (Å²) in [6, 6.07) is 3.47. The SMILES string of the molecule is CC#CC(=O)N(C)[C@@H](C)C(=O)NCCCOc1cc(F)cc(Nc2nc(NC3CCOCC3)c(CC)nc2C(N)=O)c1. The van der Waals surface area contributed by atoms with E-state index in [1.54, 1.807) is 19.9 Å². The number of anilines is 3. The highest BCUT2D eigenvalue weighted by molar-refractivity contribution is 5.97. The molecule has 0 aliphatic carbocycles. The van der Waals surface area contributed by atoms with Crippen molar-refractivity contribution in [3.8, 4) is 17.6 Å².